The third-order valence-electron chi connectivity index (χ3n) is 5.28. The first-order chi connectivity index (χ1) is 11.3. The summed E-state index contributed by atoms with van der Waals surface area (Å²) in [6.45, 7) is 10.8. The predicted octanol–water partition coefficient (Wildman–Crippen LogP) is 4.21. The Morgan fingerprint density at radius 3 is 2.38 bits per heavy atom. The molecule has 0 amide bonds. The zero-order valence-corrected chi connectivity index (χ0v) is 17.2. The van der Waals surface area contributed by atoms with Gasteiger partial charge in [-0.15, -0.1) is 0 Å². The van der Waals surface area contributed by atoms with Crippen LogP contribution in [0.15, 0.2) is 40.4 Å². The van der Waals surface area contributed by atoms with Gasteiger partial charge >= 0.3 is 0 Å². The van der Waals surface area contributed by atoms with Gasteiger partial charge in [0.25, 0.3) is 0 Å². The van der Waals surface area contributed by atoms with Gasteiger partial charge in [-0.05, 0) is 11.6 Å². The molecule has 130 valence electrons. The van der Waals surface area contributed by atoms with Crippen LogP contribution in [0.25, 0.3) is 0 Å². The van der Waals surface area contributed by atoms with Crippen molar-refractivity contribution < 1.29 is 0 Å². The minimum absolute atomic E-state index is 0.0743. The number of nitrogens with zero attached hydrogens (tertiary/aromatic N) is 4. The van der Waals surface area contributed by atoms with E-state index in [9.17, 15) is 0 Å². The predicted molar refractivity (Wildman–Crippen MR) is 108 cm³/mol. The van der Waals surface area contributed by atoms with Crippen molar-refractivity contribution in [1.29, 1.82) is 0 Å². The zero-order valence-electron chi connectivity index (χ0n) is 15.4. The van der Waals surface area contributed by atoms with Crippen LogP contribution in [0.4, 0.5) is 5.69 Å². The average molecular weight is 362 g/mol. The average Bonchev–Trinajstić information content (AvgIpc) is 2.95. The number of likely N-dealkylation sites (N-methyl/N-ethyl adjacent to an activating group) is 1. The molecule has 3 rings (SSSR count). The van der Waals surface area contributed by atoms with Crippen molar-refractivity contribution in [3.8, 4) is 0 Å². The summed E-state index contributed by atoms with van der Waals surface area (Å²) in [4.78, 5) is 2.32. The molecule has 0 unspecified atom stereocenters. The molecule has 0 saturated carbocycles. The van der Waals surface area contributed by atoms with Gasteiger partial charge in [0, 0.05) is 44.0 Å². The van der Waals surface area contributed by atoms with E-state index < -0.39 is 6.34 Å². The summed E-state index contributed by atoms with van der Waals surface area (Å²) in [6.07, 6.45) is -0.0481. The third kappa shape index (κ3) is 2.22. The Morgan fingerprint density at radius 2 is 1.79 bits per heavy atom. The van der Waals surface area contributed by atoms with Crippen LogP contribution in [0.1, 0.15) is 33.3 Å². The fourth-order valence-corrected chi connectivity index (χ4v) is 8.10. The van der Waals surface area contributed by atoms with E-state index in [1.54, 1.807) is 0 Å². The number of para-hydroxylation sites is 1. The lowest BCUT2D eigenvalue weighted by molar-refractivity contribution is 0.459. The van der Waals surface area contributed by atoms with Crippen molar-refractivity contribution in [3.05, 3.63) is 40.8 Å². The van der Waals surface area contributed by atoms with Gasteiger partial charge in [-0.2, -0.15) is 5.10 Å². The van der Waals surface area contributed by atoms with E-state index in [0.717, 1.165) is 13.1 Å². The van der Waals surface area contributed by atoms with Gasteiger partial charge < -0.3 is 4.90 Å². The summed E-state index contributed by atoms with van der Waals surface area (Å²) >= 11 is 6.29. The summed E-state index contributed by atoms with van der Waals surface area (Å²) in [7, 11) is 4.18. The monoisotopic (exact) mass is 362 g/mol. The summed E-state index contributed by atoms with van der Waals surface area (Å²) in [6, 6.07) is 8.66. The van der Waals surface area contributed by atoms with Crippen LogP contribution in [0.3, 0.4) is 0 Å². The SMILES string of the molecule is CCN(CC)[P@@]1(=S)/C(=C2\N(C)c3ccccc3C2(C)C)C=NN1C. The number of hydrogen-bond acceptors (Lipinski definition) is 3. The van der Waals surface area contributed by atoms with Crippen molar-refractivity contribution in [3.63, 3.8) is 0 Å². The molecule has 0 fully saturated rings. The number of anilines is 1. The van der Waals surface area contributed by atoms with Crippen LogP contribution in [0.2, 0.25) is 0 Å². The molecule has 0 bridgehead atoms. The fourth-order valence-electron chi connectivity index (χ4n) is 4.03. The third-order valence-corrected chi connectivity index (χ3v) is 10.4. The normalized spacial score (nSPS) is 28.1. The van der Waals surface area contributed by atoms with Crippen LogP contribution in [0.5, 0.6) is 0 Å². The number of hydrogen-bond donors (Lipinski definition) is 0. The molecule has 0 aromatic heterocycles. The lowest BCUT2D eigenvalue weighted by atomic mass is 9.84. The lowest BCUT2D eigenvalue weighted by Crippen LogP contribution is -2.30. The topological polar surface area (TPSA) is 22.1 Å². The fraction of sp³-hybridized carbons (Fsp3) is 0.500. The largest absolute Gasteiger partial charge is 0.346 e. The second-order valence-electron chi connectivity index (χ2n) is 6.85. The first kappa shape index (κ1) is 17.7. The summed E-state index contributed by atoms with van der Waals surface area (Å²) in [5.41, 5.74) is 3.86. The molecule has 0 saturated heterocycles. The number of rotatable bonds is 3. The van der Waals surface area contributed by atoms with Gasteiger partial charge in [0.1, 0.15) is 6.34 Å². The number of fused-ring (bicyclic) bond motifs is 1. The molecule has 24 heavy (non-hydrogen) atoms. The Hall–Kier alpha value is -1.16. The van der Waals surface area contributed by atoms with Crippen molar-refractivity contribution >= 4 is 30.0 Å². The number of benzene rings is 1. The molecule has 0 aliphatic carbocycles. The van der Waals surface area contributed by atoms with Gasteiger partial charge in [-0.3, -0.25) is 9.45 Å². The Morgan fingerprint density at radius 1 is 1.17 bits per heavy atom. The lowest BCUT2D eigenvalue weighted by Gasteiger charge is -2.38. The molecule has 0 radical (unpaired) electrons. The molecular weight excluding hydrogens is 335 g/mol. The zero-order chi connectivity index (χ0) is 17.7. The van der Waals surface area contributed by atoms with Crippen LogP contribution >= 0.6 is 6.34 Å². The van der Waals surface area contributed by atoms with E-state index in [1.165, 1.54) is 22.3 Å². The maximum Gasteiger partial charge on any atom is 0.148 e. The molecule has 1 aromatic rings. The van der Waals surface area contributed by atoms with E-state index in [1.807, 2.05) is 18.0 Å². The molecule has 1 aromatic carbocycles. The Labute approximate surface area is 150 Å². The molecular formula is C18H27N4PS. The second kappa shape index (κ2) is 5.98. The maximum atomic E-state index is 6.29. The maximum absolute atomic E-state index is 6.29. The van der Waals surface area contributed by atoms with Gasteiger partial charge in [-0.1, -0.05) is 57.7 Å². The van der Waals surface area contributed by atoms with E-state index in [2.05, 4.69) is 73.7 Å². The standard InChI is InChI=1S/C18H27N4PS/c1-7-22(8-2)23(24)16(13-19-21(23)6)17-18(3,4)14-11-9-10-12-15(14)20(17)5/h9-13H,7-8H2,1-6H3/b17-16-/t23-/m1/s1. The van der Waals surface area contributed by atoms with Crippen molar-refractivity contribution in [2.24, 2.45) is 5.10 Å². The number of hydrazone groups is 1. The summed E-state index contributed by atoms with van der Waals surface area (Å²) < 4.78 is 4.44. The first-order valence-corrected chi connectivity index (χ1v) is 11.2. The van der Waals surface area contributed by atoms with E-state index in [4.69, 9.17) is 11.8 Å². The summed E-state index contributed by atoms with van der Waals surface area (Å²) in [5, 5.41) is 5.85. The van der Waals surface area contributed by atoms with Crippen molar-refractivity contribution in [1.82, 2.24) is 9.45 Å². The quantitative estimate of drug-likeness (QED) is 0.751. The van der Waals surface area contributed by atoms with E-state index in [-0.39, 0.29) is 5.41 Å². The van der Waals surface area contributed by atoms with E-state index in [0.29, 0.717) is 0 Å². The Balaban J connectivity index is 2.26. The van der Waals surface area contributed by atoms with Gasteiger partial charge in [0.15, 0.2) is 0 Å². The molecule has 6 heteroatoms. The van der Waals surface area contributed by atoms with E-state index >= 15 is 0 Å². The molecule has 0 N–H and O–H groups in total. The molecule has 2 heterocycles. The van der Waals surface area contributed by atoms with Crippen molar-refractivity contribution in [2.75, 3.05) is 32.1 Å². The van der Waals surface area contributed by atoms with Crippen LogP contribution in [-0.2, 0) is 17.2 Å². The van der Waals surface area contributed by atoms with Crippen LogP contribution < -0.4 is 4.90 Å². The molecule has 2 aliphatic heterocycles. The van der Waals surface area contributed by atoms with Crippen LogP contribution in [-0.4, -0.2) is 42.8 Å². The first-order valence-electron chi connectivity index (χ1n) is 8.52. The van der Waals surface area contributed by atoms with Gasteiger partial charge in [-0.25, -0.2) is 0 Å². The van der Waals surface area contributed by atoms with Crippen LogP contribution in [0, 0.1) is 0 Å². The minimum Gasteiger partial charge on any atom is -0.346 e. The summed E-state index contributed by atoms with van der Waals surface area (Å²) in [5.74, 6) is 0. The number of allylic oxidation sites excluding steroid dienone is 2. The van der Waals surface area contributed by atoms with Crippen molar-refractivity contribution in [2.45, 2.75) is 33.1 Å². The second-order valence-corrected chi connectivity index (χ2v) is 11.1. The highest BCUT2D eigenvalue weighted by atomic mass is 32.4. The highest BCUT2D eigenvalue weighted by Gasteiger charge is 2.46. The molecule has 0 spiro atoms. The Kier molecular flexibility index (Phi) is 4.40. The highest BCUT2D eigenvalue weighted by Crippen LogP contribution is 2.65. The highest BCUT2D eigenvalue weighted by molar-refractivity contribution is 8.14. The smallest absolute Gasteiger partial charge is 0.148 e. The molecule has 4 nitrogen and oxygen atoms in total. The van der Waals surface area contributed by atoms with Gasteiger partial charge in [0.05, 0.1) is 11.5 Å². The molecule has 2 aliphatic rings. The minimum atomic E-state index is -2.06. The van der Waals surface area contributed by atoms with Gasteiger partial charge in [0.2, 0.25) is 0 Å². The Bertz CT molecular complexity index is 764. The molecule has 1 atom stereocenters.